The highest BCUT2D eigenvalue weighted by molar-refractivity contribution is 5.75. The van der Waals surface area contributed by atoms with Crippen LogP contribution in [0.2, 0.25) is 0 Å². The smallest absolute Gasteiger partial charge is 0.416 e. The predicted octanol–water partition coefficient (Wildman–Crippen LogP) is 3.59. The van der Waals surface area contributed by atoms with Gasteiger partial charge in [-0.15, -0.1) is 10.2 Å². The molecule has 136 valence electrons. The number of hydrogen-bond donors (Lipinski definition) is 1. The minimum Gasteiger partial charge on any atom is -0.507 e. The number of nitrogens with zero attached hydrogens (tertiary/aromatic N) is 5. The van der Waals surface area contributed by atoms with Crippen LogP contribution in [0.3, 0.4) is 0 Å². The quantitative estimate of drug-likeness (QED) is 0.701. The van der Waals surface area contributed by atoms with Gasteiger partial charge in [-0.2, -0.15) is 18.0 Å². The van der Waals surface area contributed by atoms with Gasteiger partial charge in [0.1, 0.15) is 11.9 Å². The molecule has 2 heterocycles. The fourth-order valence-electron chi connectivity index (χ4n) is 2.99. The molecule has 0 atom stereocenters. The molecule has 0 aliphatic heterocycles. The van der Waals surface area contributed by atoms with Crippen molar-refractivity contribution in [1.82, 2.24) is 25.0 Å². The molecule has 6 nitrogen and oxygen atoms in total. The SMILES string of the molecule is Cc1cc(C(F)(F)F)cc(O)c1-c1cnc2nn(C3CC(F)C3)nc2n1. The summed E-state index contributed by atoms with van der Waals surface area (Å²) >= 11 is 0. The van der Waals surface area contributed by atoms with Gasteiger partial charge in [-0.25, -0.2) is 14.4 Å². The van der Waals surface area contributed by atoms with Crippen LogP contribution in [0, 0.1) is 6.92 Å². The molecule has 1 saturated carbocycles. The molecule has 2 aromatic heterocycles. The number of rotatable bonds is 2. The highest BCUT2D eigenvalue weighted by atomic mass is 19.4. The van der Waals surface area contributed by atoms with E-state index in [4.69, 9.17) is 0 Å². The Labute approximate surface area is 144 Å². The van der Waals surface area contributed by atoms with Crippen LogP contribution in [-0.4, -0.2) is 36.2 Å². The van der Waals surface area contributed by atoms with Crippen molar-refractivity contribution < 1.29 is 22.7 Å². The lowest BCUT2D eigenvalue weighted by Gasteiger charge is -2.27. The fourth-order valence-corrected chi connectivity index (χ4v) is 2.99. The number of aromatic hydroxyl groups is 1. The first-order valence-electron chi connectivity index (χ1n) is 7.87. The third-order valence-electron chi connectivity index (χ3n) is 4.41. The highest BCUT2D eigenvalue weighted by Crippen LogP contribution is 2.38. The standard InChI is InChI=1S/C16H13F4N5O/c1-7-2-8(16(18,19)20)3-12(26)13(7)11-6-21-14-15(22-11)24-25(23-14)10-4-9(17)5-10/h2-3,6,9-10,26H,4-5H2,1H3. The second-order valence-electron chi connectivity index (χ2n) is 6.33. The van der Waals surface area contributed by atoms with Crippen LogP contribution in [0.5, 0.6) is 5.75 Å². The Balaban J connectivity index is 1.75. The number of fused-ring (bicyclic) bond motifs is 1. The van der Waals surface area contributed by atoms with Crippen molar-refractivity contribution in [3.63, 3.8) is 0 Å². The molecule has 26 heavy (non-hydrogen) atoms. The second kappa shape index (κ2) is 5.61. The van der Waals surface area contributed by atoms with E-state index in [1.807, 2.05) is 0 Å². The van der Waals surface area contributed by atoms with Crippen molar-refractivity contribution in [3.8, 4) is 17.0 Å². The van der Waals surface area contributed by atoms with E-state index >= 15 is 0 Å². The van der Waals surface area contributed by atoms with E-state index in [0.717, 1.165) is 6.07 Å². The van der Waals surface area contributed by atoms with Gasteiger partial charge < -0.3 is 5.11 Å². The summed E-state index contributed by atoms with van der Waals surface area (Å²) in [6, 6.07) is 1.44. The average Bonchev–Trinajstić information content (AvgIpc) is 2.93. The number of phenols is 1. The maximum atomic E-state index is 13.0. The average molecular weight is 367 g/mol. The summed E-state index contributed by atoms with van der Waals surface area (Å²) in [5, 5.41) is 18.4. The van der Waals surface area contributed by atoms with E-state index in [1.54, 1.807) is 0 Å². The lowest BCUT2D eigenvalue weighted by Crippen LogP contribution is -2.29. The van der Waals surface area contributed by atoms with Crippen LogP contribution in [0.1, 0.15) is 30.0 Å². The number of hydrogen-bond acceptors (Lipinski definition) is 5. The van der Waals surface area contributed by atoms with Gasteiger partial charge in [0.05, 0.1) is 23.5 Å². The van der Waals surface area contributed by atoms with Gasteiger partial charge in [0.2, 0.25) is 11.3 Å². The number of aromatic nitrogens is 5. The van der Waals surface area contributed by atoms with Gasteiger partial charge in [0.25, 0.3) is 0 Å². The van der Waals surface area contributed by atoms with Crippen molar-refractivity contribution in [2.45, 2.75) is 38.2 Å². The van der Waals surface area contributed by atoms with Crippen LogP contribution in [-0.2, 0) is 6.18 Å². The molecule has 0 unspecified atom stereocenters. The van der Waals surface area contributed by atoms with Crippen molar-refractivity contribution in [1.29, 1.82) is 0 Å². The zero-order chi connectivity index (χ0) is 18.6. The van der Waals surface area contributed by atoms with Gasteiger partial charge in [0, 0.05) is 18.4 Å². The molecule has 1 aromatic carbocycles. The monoisotopic (exact) mass is 367 g/mol. The predicted molar refractivity (Wildman–Crippen MR) is 83.1 cm³/mol. The topological polar surface area (TPSA) is 76.7 Å². The van der Waals surface area contributed by atoms with Crippen molar-refractivity contribution in [3.05, 3.63) is 29.5 Å². The normalized spacial score (nSPS) is 20.3. The fraction of sp³-hybridized carbons (Fsp3) is 0.375. The molecule has 1 N–H and O–H groups in total. The summed E-state index contributed by atoms with van der Waals surface area (Å²) in [4.78, 5) is 9.72. The minimum absolute atomic E-state index is 0.148. The summed E-state index contributed by atoms with van der Waals surface area (Å²) in [6.45, 7) is 1.45. The summed E-state index contributed by atoms with van der Waals surface area (Å²) < 4.78 is 51.5. The van der Waals surface area contributed by atoms with E-state index in [-0.39, 0.29) is 34.2 Å². The third kappa shape index (κ3) is 2.74. The number of alkyl halides is 4. The molecule has 10 heteroatoms. The third-order valence-corrected chi connectivity index (χ3v) is 4.41. The minimum atomic E-state index is -4.56. The first-order chi connectivity index (χ1) is 12.2. The summed E-state index contributed by atoms with van der Waals surface area (Å²) in [5.74, 6) is -0.544. The van der Waals surface area contributed by atoms with Gasteiger partial charge in [0.15, 0.2) is 0 Å². The van der Waals surface area contributed by atoms with E-state index in [0.29, 0.717) is 18.9 Å². The van der Waals surface area contributed by atoms with Crippen LogP contribution in [0.4, 0.5) is 17.6 Å². The molecular weight excluding hydrogens is 354 g/mol. The van der Waals surface area contributed by atoms with Crippen LogP contribution < -0.4 is 0 Å². The number of phenolic OH excluding ortho intramolecular Hbond substituents is 1. The van der Waals surface area contributed by atoms with E-state index < -0.39 is 23.7 Å². The lowest BCUT2D eigenvalue weighted by atomic mass is 9.91. The first-order valence-corrected chi connectivity index (χ1v) is 7.87. The lowest BCUT2D eigenvalue weighted by molar-refractivity contribution is -0.137. The van der Waals surface area contributed by atoms with E-state index in [1.165, 1.54) is 17.9 Å². The molecular formula is C16H13F4N5O. The molecule has 0 spiro atoms. The van der Waals surface area contributed by atoms with Crippen molar-refractivity contribution in [2.75, 3.05) is 0 Å². The van der Waals surface area contributed by atoms with Gasteiger partial charge in [-0.3, -0.25) is 0 Å². The Kier molecular flexibility index (Phi) is 3.60. The molecule has 1 aliphatic carbocycles. The molecule has 1 aliphatic rings. The van der Waals surface area contributed by atoms with Gasteiger partial charge in [-0.1, -0.05) is 0 Å². The Hall–Kier alpha value is -2.78. The summed E-state index contributed by atoms with van der Waals surface area (Å²) in [7, 11) is 0. The maximum absolute atomic E-state index is 13.0. The Morgan fingerprint density at radius 1 is 1.15 bits per heavy atom. The Morgan fingerprint density at radius 3 is 2.46 bits per heavy atom. The number of benzene rings is 1. The first kappa shape index (κ1) is 16.7. The zero-order valence-corrected chi connectivity index (χ0v) is 13.5. The molecule has 4 rings (SSSR count). The molecule has 0 saturated heterocycles. The second-order valence-corrected chi connectivity index (χ2v) is 6.33. The highest BCUT2D eigenvalue weighted by Gasteiger charge is 2.33. The summed E-state index contributed by atoms with van der Waals surface area (Å²) in [6.07, 6.45) is -3.46. The van der Waals surface area contributed by atoms with Crippen molar-refractivity contribution >= 4 is 11.3 Å². The largest absolute Gasteiger partial charge is 0.507 e. The van der Waals surface area contributed by atoms with Gasteiger partial charge in [-0.05, 0) is 24.6 Å². The molecule has 3 aromatic rings. The molecule has 0 bridgehead atoms. The molecule has 0 amide bonds. The zero-order valence-electron chi connectivity index (χ0n) is 13.5. The number of aryl methyl sites for hydroxylation is 1. The van der Waals surface area contributed by atoms with Crippen molar-refractivity contribution in [2.24, 2.45) is 0 Å². The Morgan fingerprint density at radius 2 is 1.85 bits per heavy atom. The van der Waals surface area contributed by atoms with Crippen LogP contribution >= 0.6 is 0 Å². The number of halogens is 4. The van der Waals surface area contributed by atoms with Crippen LogP contribution in [0.25, 0.3) is 22.6 Å². The molecule has 1 fully saturated rings. The van der Waals surface area contributed by atoms with Gasteiger partial charge >= 0.3 is 6.18 Å². The maximum Gasteiger partial charge on any atom is 0.416 e. The van der Waals surface area contributed by atoms with E-state index in [2.05, 4.69) is 20.2 Å². The Bertz CT molecular complexity index is 971. The summed E-state index contributed by atoms with van der Waals surface area (Å²) in [5.41, 5.74) is 0.0305. The van der Waals surface area contributed by atoms with E-state index in [9.17, 15) is 22.7 Å². The molecule has 0 radical (unpaired) electrons. The van der Waals surface area contributed by atoms with Crippen LogP contribution in [0.15, 0.2) is 18.3 Å².